The highest BCUT2D eigenvalue weighted by Crippen LogP contribution is 2.37. The third-order valence-corrected chi connectivity index (χ3v) is 3.64. The number of hydrogen-bond donors (Lipinski definition) is 1. The molecule has 0 radical (unpaired) electrons. The zero-order valence-corrected chi connectivity index (χ0v) is 11.3. The lowest BCUT2D eigenvalue weighted by atomic mass is 10.0. The minimum atomic E-state index is -1.20. The summed E-state index contributed by atoms with van der Waals surface area (Å²) in [6, 6.07) is 13.9. The van der Waals surface area contributed by atoms with Crippen LogP contribution in [0.1, 0.15) is 29.7 Å². The van der Waals surface area contributed by atoms with E-state index in [-0.39, 0.29) is 6.61 Å². The van der Waals surface area contributed by atoms with Gasteiger partial charge in [0.15, 0.2) is 6.10 Å². The molecule has 0 aliphatic heterocycles. The number of aliphatic hydroxyl groups is 1. The largest absolute Gasteiger partial charge is 0.464 e. The fraction of sp³-hybridized carbons (Fsp3) is 0.235. The minimum absolute atomic E-state index is 0.270. The van der Waals surface area contributed by atoms with Crippen LogP contribution in [0.15, 0.2) is 42.5 Å². The quantitative estimate of drug-likeness (QED) is 0.743. The summed E-state index contributed by atoms with van der Waals surface area (Å²) in [6.07, 6.45) is -0.363. The molecule has 0 heterocycles. The van der Waals surface area contributed by atoms with Crippen LogP contribution >= 0.6 is 0 Å². The fourth-order valence-corrected chi connectivity index (χ4v) is 2.69. The Morgan fingerprint density at radius 3 is 2.75 bits per heavy atom. The molecule has 1 N–H and O–H groups in total. The van der Waals surface area contributed by atoms with Crippen molar-refractivity contribution < 1.29 is 14.6 Å². The maximum Gasteiger partial charge on any atom is 0.339 e. The molecule has 0 amide bonds. The van der Waals surface area contributed by atoms with Gasteiger partial charge in [-0.2, -0.15) is 0 Å². The van der Waals surface area contributed by atoms with Crippen LogP contribution < -0.4 is 0 Å². The van der Waals surface area contributed by atoms with Gasteiger partial charge >= 0.3 is 5.97 Å². The lowest BCUT2D eigenvalue weighted by Gasteiger charge is -2.11. The van der Waals surface area contributed by atoms with Crippen LogP contribution in [0.2, 0.25) is 0 Å². The molecule has 0 fully saturated rings. The van der Waals surface area contributed by atoms with E-state index in [1.165, 1.54) is 16.7 Å². The molecule has 1 atom stereocenters. The van der Waals surface area contributed by atoms with Gasteiger partial charge in [0, 0.05) is 0 Å². The molecule has 102 valence electrons. The molecule has 20 heavy (non-hydrogen) atoms. The summed E-state index contributed by atoms with van der Waals surface area (Å²) in [7, 11) is 0. The first-order valence-corrected chi connectivity index (χ1v) is 6.76. The zero-order valence-electron chi connectivity index (χ0n) is 11.3. The molecule has 2 aromatic rings. The van der Waals surface area contributed by atoms with Crippen molar-refractivity contribution >= 4 is 5.97 Å². The summed E-state index contributed by atoms with van der Waals surface area (Å²) in [5.41, 5.74) is 5.44. The zero-order chi connectivity index (χ0) is 14.1. The van der Waals surface area contributed by atoms with Gasteiger partial charge < -0.3 is 9.84 Å². The van der Waals surface area contributed by atoms with Crippen molar-refractivity contribution in [1.82, 2.24) is 0 Å². The van der Waals surface area contributed by atoms with E-state index in [0.717, 1.165) is 12.0 Å². The van der Waals surface area contributed by atoms with Gasteiger partial charge in [-0.25, -0.2) is 4.79 Å². The Morgan fingerprint density at radius 1 is 1.20 bits per heavy atom. The second kappa shape index (κ2) is 5.10. The molecule has 0 aromatic heterocycles. The van der Waals surface area contributed by atoms with E-state index in [1.807, 2.05) is 24.3 Å². The third kappa shape index (κ3) is 2.10. The Hall–Kier alpha value is -2.13. The van der Waals surface area contributed by atoms with Crippen LogP contribution in [0.5, 0.6) is 0 Å². The summed E-state index contributed by atoms with van der Waals surface area (Å²) in [4.78, 5) is 11.6. The highest BCUT2D eigenvalue weighted by Gasteiger charge is 2.23. The fourth-order valence-electron chi connectivity index (χ4n) is 2.69. The van der Waals surface area contributed by atoms with Crippen LogP contribution in [0.3, 0.4) is 0 Å². The van der Waals surface area contributed by atoms with Crippen LogP contribution in [-0.4, -0.2) is 17.7 Å². The van der Waals surface area contributed by atoms with Crippen molar-refractivity contribution in [3.8, 4) is 11.1 Å². The van der Waals surface area contributed by atoms with E-state index in [1.54, 1.807) is 13.0 Å². The average molecular weight is 268 g/mol. The summed E-state index contributed by atoms with van der Waals surface area (Å²) >= 11 is 0. The SMILES string of the molecule is CCOC(=O)C(O)c1ccc2c(c1)Cc1ccccc1-2. The molecule has 0 spiro atoms. The number of carbonyl (C=O) groups excluding carboxylic acids is 1. The monoisotopic (exact) mass is 268 g/mol. The summed E-state index contributed by atoms with van der Waals surface area (Å²) in [5, 5.41) is 9.99. The Morgan fingerprint density at radius 2 is 1.95 bits per heavy atom. The number of benzene rings is 2. The lowest BCUT2D eigenvalue weighted by molar-refractivity contribution is -0.153. The van der Waals surface area contributed by atoms with E-state index >= 15 is 0 Å². The maximum absolute atomic E-state index is 11.6. The molecule has 3 rings (SSSR count). The molecule has 1 aliphatic rings. The van der Waals surface area contributed by atoms with Gasteiger partial charge in [-0.3, -0.25) is 0 Å². The smallest absolute Gasteiger partial charge is 0.339 e. The first kappa shape index (κ1) is 12.9. The maximum atomic E-state index is 11.6. The summed E-state index contributed by atoms with van der Waals surface area (Å²) < 4.78 is 4.85. The molecule has 2 aromatic carbocycles. The predicted octanol–water partition coefficient (Wildman–Crippen LogP) is 2.85. The number of rotatable bonds is 3. The predicted molar refractivity (Wildman–Crippen MR) is 76.3 cm³/mol. The van der Waals surface area contributed by atoms with Crippen molar-refractivity contribution in [1.29, 1.82) is 0 Å². The standard InChI is InChI=1S/C17H16O3/c1-2-20-17(19)16(18)12-7-8-15-13(10-12)9-11-5-3-4-6-14(11)15/h3-8,10,16,18H,2,9H2,1H3. The average Bonchev–Trinajstić information content (AvgIpc) is 2.84. The van der Waals surface area contributed by atoms with Crippen molar-refractivity contribution in [2.75, 3.05) is 6.61 Å². The second-order valence-electron chi connectivity index (χ2n) is 4.91. The van der Waals surface area contributed by atoms with Gasteiger partial charge in [-0.1, -0.05) is 42.5 Å². The minimum Gasteiger partial charge on any atom is -0.464 e. The molecule has 1 aliphatic carbocycles. The highest BCUT2D eigenvalue weighted by molar-refractivity contribution is 5.80. The molecule has 0 bridgehead atoms. The van der Waals surface area contributed by atoms with Gasteiger partial charge in [0.05, 0.1) is 6.61 Å². The van der Waals surface area contributed by atoms with Crippen molar-refractivity contribution in [2.45, 2.75) is 19.4 Å². The first-order chi connectivity index (χ1) is 9.70. The number of hydrogen-bond acceptors (Lipinski definition) is 3. The Balaban J connectivity index is 1.93. The van der Waals surface area contributed by atoms with E-state index < -0.39 is 12.1 Å². The van der Waals surface area contributed by atoms with Crippen molar-refractivity contribution in [3.05, 3.63) is 59.2 Å². The van der Waals surface area contributed by atoms with Gasteiger partial charge in [0.1, 0.15) is 0 Å². The van der Waals surface area contributed by atoms with Crippen molar-refractivity contribution in [2.24, 2.45) is 0 Å². The van der Waals surface area contributed by atoms with Crippen LogP contribution in [0, 0.1) is 0 Å². The topological polar surface area (TPSA) is 46.5 Å². The Kier molecular flexibility index (Phi) is 3.28. The molecule has 3 nitrogen and oxygen atoms in total. The van der Waals surface area contributed by atoms with E-state index in [9.17, 15) is 9.90 Å². The number of esters is 1. The molecule has 0 saturated heterocycles. The second-order valence-corrected chi connectivity index (χ2v) is 4.91. The van der Waals surface area contributed by atoms with Crippen LogP contribution in [-0.2, 0) is 16.0 Å². The van der Waals surface area contributed by atoms with E-state index in [2.05, 4.69) is 12.1 Å². The highest BCUT2D eigenvalue weighted by atomic mass is 16.5. The van der Waals surface area contributed by atoms with Crippen LogP contribution in [0.25, 0.3) is 11.1 Å². The molecular weight excluding hydrogens is 252 g/mol. The number of aliphatic hydroxyl groups excluding tert-OH is 1. The normalized spacial score (nSPS) is 13.5. The number of ether oxygens (including phenoxy) is 1. The van der Waals surface area contributed by atoms with E-state index in [4.69, 9.17) is 4.74 Å². The van der Waals surface area contributed by atoms with Gasteiger partial charge in [0.25, 0.3) is 0 Å². The Labute approximate surface area is 117 Å². The first-order valence-electron chi connectivity index (χ1n) is 6.76. The van der Waals surface area contributed by atoms with Crippen LogP contribution in [0.4, 0.5) is 0 Å². The molecule has 0 saturated carbocycles. The number of carbonyl (C=O) groups is 1. The third-order valence-electron chi connectivity index (χ3n) is 3.64. The molecular formula is C17H16O3. The van der Waals surface area contributed by atoms with Gasteiger partial charge in [0.2, 0.25) is 0 Å². The molecule has 3 heteroatoms. The summed E-state index contributed by atoms with van der Waals surface area (Å²) in [6.45, 7) is 2.00. The Bertz CT molecular complexity index is 661. The number of fused-ring (bicyclic) bond motifs is 3. The summed E-state index contributed by atoms with van der Waals surface area (Å²) in [5.74, 6) is -0.594. The van der Waals surface area contributed by atoms with Crippen molar-refractivity contribution in [3.63, 3.8) is 0 Å². The van der Waals surface area contributed by atoms with Gasteiger partial charge in [-0.15, -0.1) is 0 Å². The molecule has 1 unspecified atom stereocenters. The van der Waals surface area contributed by atoms with Gasteiger partial charge in [-0.05, 0) is 41.2 Å². The van der Waals surface area contributed by atoms with E-state index in [0.29, 0.717) is 5.56 Å². The lowest BCUT2D eigenvalue weighted by Crippen LogP contribution is -2.15.